The lowest BCUT2D eigenvalue weighted by Gasteiger charge is -2.29. The number of nitrogens with one attached hydrogen (secondary N) is 1. The van der Waals surface area contributed by atoms with Crippen molar-refractivity contribution < 1.29 is 9.50 Å². The largest absolute Gasteiger partial charge is 0.390 e. The molecule has 0 aliphatic rings. The topological polar surface area (TPSA) is 35.5 Å². The Balaban J connectivity index is 1.49. The van der Waals surface area contributed by atoms with Crippen molar-refractivity contribution in [1.29, 1.82) is 0 Å². The Morgan fingerprint density at radius 2 is 1.76 bits per heavy atom. The number of hydrogen-bond donors (Lipinski definition) is 2. The Morgan fingerprint density at radius 1 is 1.00 bits per heavy atom. The van der Waals surface area contributed by atoms with Gasteiger partial charge < -0.3 is 10.4 Å². The molecule has 0 heterocycles. The molecule has 3 aromatic rings. The van der Waals surface area contributed by atoms with Gasteiger partial charge in [-0.25, -0.2) is 8.70 Å². The third kappa shape index (κ3) is 9.57. The van der Waals surface area contributed by atoms with E-state index in [1.54, 1.807) is 24.1 Å². The predicted molar refractivity (Wildman–Crippen MR) is 157 cm³/mol. The third-order valence-corrected chi connectivity index (χ3v) is 7.66. The van der Waals surface area contributed by atoms with Crippen molar-refractivity contribution in [2.75, 3.05) is 20.1 Å². The van der Waals surface area contributed by atoms with Gasteiger partial charge in [-0.15, -0.1) is 0 Å². The van der Waals surface area contributed by atoms with Gasteiger partial charge in [0.2, 0.25) is 0 Å². The Bertz CT molecular complexity index is 1120. The number of halogens is 1. The van der Waals surface area contributed by atoms with E-state index in [2.05, 4.69) is 85.8 Å². The number of aliphatic hydroxyl groups is 1. The average Bonchev–Trinajstić information content (AvgIpc) is 2.85. The maximum absolute atomic E-state index is 14.0. The second-order valence-electron chi connectivity index (χ2n) is 10.7. The minimum Gasteiger partial charge on any atom is -0.390 e. The molecule has 0 fully saturated rings. The van der Waals surface area contributed by atoms with E-state index < -0.39 is 6.10 Å². The number of benzene rings is 3. The fraction of sp³-hybridized carbons (Fsp3) is 0.438. The normalized spacial score (nSPS) is 12.8. The van der Waals surface area contributed by atoms with Gasteiger partial charge in [-0.2, -0.15) is 0 Å². The molecule has 3 aromatic carbocycles. The monoisotopic (exact) mass is 522 g/mol. The van der Waals surface area contributed by atoms with Crippen molar-refractivity contribution in [1.82, 2.24) is 9.62 Å². The molecule has 0 bridgehead atoms. The highest BCUT2D eigenvalue weighted by molar-refractivity contribution is 7.97. The molecule has 200 valence electrons. The first kappa shape index (κ1) is 29.4. The number of rotatable bonds is 14. The van der Waals surface area contributed by atoms with E-state index in [1.807, 2.05) is 13.1 Å². The molecule has 0 amide bonds. The molecule has 0 aliphatic heterocycles. The fourth-order valence-electron chi connectivity index (χ4n) is 4.72. The summed E-state index contributed by atoms with van der Waals surface area (Å²) < 4.78 is 16.1. The van der Waals surface area contributed by atoms with Crippen molar-refractivity contribution in [2.24, 2.45) is 0 Å². The summed E-state index contributed by atoms with van der Waals surface area (Å²) in [5, 5.41) is 14.2. The van der Waals surface area contributed by atoms with E-state index in [1.165, 1.54) is 11.1 Å². The summed E-state index contributed by atoms with van der Waals surface area (Å²) in [6.07, 6.45) is 4.74. The molecule has 0 spiro atoms. The van der Waals surface area contributed by atoms with Crippen molar-refractivity contribution in [2.45, 2.75) is 76.3 Å². The highest BCUT2D eigenvalue weighted by Gasteiger charge is 2.19. The quantitative estimate of drug-likeness (QED) is 0.216. The molecular weight excluding hydrogens is 479 g/mol. The van der Waals surface area contributed by atoms with Crippen molar-refractivity contribution >= 4 is 11.9 Å². The lowest BCUT2D eigenvalue weighted by atomic mass is 9.94. The van der Waals surface area contributed by atoms with E-state index >= 15 is 0 Å². The van der Waals surface area contributed by atoms with Crippen LogP contribution < -0.4 is 5.32 Å². The van der Waals surface area contributed by atoms with E-state index in [0.29, 0.717) is 13.1 Å². The first-order valence-corrected chi connectivity index (χ1v) is 14.2. The van der Waals surface area contributed by atoms with Crippen molar-refractivity contribution in [3.63, 3.8) is 0 Å². The number of β-amino-alcohol motifs (C(OH)–C–C–N with tert-alkyl or cyclic N) is 1. The summed E-state index contributed by atoms with van der Waals surface area (Å²) >= 11 is 1.62. The van der Waals surface area contributed by atoms with Gasteiger partial charge >= 0.3 is 0 Å². The molecule has 1 atom stereocenters. The van der Waals surface area contributed by atoms with Crippen LogP contribution in [0.3, 0.4) is 0 Å². The Morgan fingerprint density at radius 3 is 2.46 bits per heavy atom. The first-order chi connectivity index (χ1) is 17.7. The second-order valence-corrected chi connectivity index (χ2v) is 12.0. The number of aliphatic hydroxyl groups excluding tert-OH is 1. The molecule has 0 aromatic heterocycles. The fourth-order valence-corrected chi connectivity index (χ4v) is 5.69. The highest BCUT2D eigenvalue weighted by Crippen LogP contribution is 2.32. The summed E-state index contributed by atoms with van der Waals surface area (Å²) in [4.78, 5) is 1.11. The number of aryl methyl sites for hydroxylation is 3. The van der Waals surface area contributed by atoms with Gasteiger partial charge in [-0.3, -0.25) is 0 Å². The van der Waals surface area contributed by atoms with E-state index in [9.17, 15) is 9.50 Å². The van der Waals surface area contributed by atoms with Gasteiger partial charge in [0.05, 0.1) is 6.10 Å². The molecule has 37 heavy (non-hydrogen) atoms. The van der Waals surface area contributed by atoms with Crippen molar-refractivity contribution in [3.05, 3.63) is 89.2 Å². The van der Waals surface area contributed by atoms with Crippen LogP contribution in [0.2, 0.25) is 0 Å². The first-order valence-electron chi connectivity index (χ1n) is 13.4. The minimum atomic E-state index is -0.463. The van der Waals surface area contributed by atoms with Gasteiger partial charge in [0.15, 0.2) is 0 Å². The van der Waals surface area contributed by atoms with Crippen LogP contribution in [0.25, 0.3) is 11.1 Å². The molecule has 5 heteroatoms. The van der Waals surface area contributed by atoms with Crippen molar-refractivity contribution in [3.8, 4) is 11.1 Å². The Kier molecular flexibility index (Phi) is 11.2. The molecule has 0 saturated carbocycles. The Labute approximate surface area is 227 Å². The lowest BCUT2D eigenvalue weighted by Crippen LogP contribution is -2.45. The molecule has 0 radical (unpaired) electrons. The van der Waals surface area contributed by atoms with Crippen LogP contribution in [0, 0.1) is 12.7 Å². The zero-order valence-electron chi connectivity index (χ0n) is 23.1. The number of hydrogen-bond acceptors (Lipinski definition) is 4. The van der Waals surface area contributed by atoms with E-state index in [4.69, 9.17) is 0 Å². The highest BCUT2D eigenvalue weighted by atomic mass is 32.2. The zero-order valence-corrected chi connectivity index (χ0v) is 23.9. The minimum absolute atomic E-state index is 0.0258. The summed E-state index contributed by atoms with van der Waals surface area (Å²) in [6.45, 7) is 9.76. The molecule has 3 nitrogen and oxygen atoms in total. The third-order valence-electron chi connectivity index (χ3n) is 6.73. The smallest absolute Gasteiger partial charge is 0.123 e. The Hall–Kier alpha value is -2.18. The average molecular weight is 523 g/mol. The zero-order chi connectivity index (χ0) is 26.8. The van der Waals surface area contributed by atoms with E-state index in [-0.39, 0.29) is 11.4 Å². The number of likely N-dealkylation sites (N-methyl/N-ethyl adjacent to an activating group) is 1. The van der Waals surface area contributed by atoms with Crippen LogP contribution in [-0.4, -0.2) is 41.2 Å². The van der Waals surface area contributed by atoms with Gasteiger partial charge in [0.1, 0.15) is 5.82 Å². The van der Waals surface area contributed by atoms with Crippen LogP contribution >= 0.6 is 11.9 Å². The standard InChI is InChI=1S/C32H43FN2OS/c1-6-11-26-15-16-27(33)21-31(26)30-18-17-29(20-24(30)2)37-35(5)23-28(36)22-34-32(3,4)19-10-14-25-12-8-7-9-13-25/h7-9,12-13,15-18,20-21,28,34,36H,6,10-11,14,19,22-23H2,1-5H3. The summed E-state index contributed by atoms with van der Waals surface area (Å²) in [5.74, 6) is -0.200. The predicted octanol–water partition coefficient (Wildman–Crippen LogP) is 7.44. The molecule has 2 N–H and O–H groups in total. The maximum atomic E-state index is 14.0. The van der Waals surface area contributed by atoms with Crippen LogP contribution in [-0.2, 0) is 12.8 Å². The summed E-state index contributed by atoms with van der Waals surface area (Å²) in [7, 11) is 2.01. The van der Waals surface area contributed by atoms with Gasteiger partial charge in [0.25, 0.3) is 0 Å². The van der Waals surface area contributed by atoms with Gasteiger partial charge in [0, 0.05) is 23.5 Å². The molecule has 0 aliphatic carbocycles. The van der Waals surface area contributed by atoms with Crippen LogP contribution in [0.15, 0.2) is 71.6 Å². The van der Waals surface area contributed by atoms with Crippen LogP contribution in [0.4, 0.5) is 4.39 Å². The molecule has 1 unspecified atom stereocenters. The lowest BCUT2D eigenvalue weighted by molar-refractivity contribution is 0.140. The molecular formula is C32H43FN2OS. The molecule has 3 rings (SSSR count). The van der Waals surface area contributed by atoms with Gasteiger partial charge in [-0.05, 0) is 118 Å². The second kappa shape index (κ2) is 14.1. The SMILES string of the molecule is CCCc1ccc(F)cc1-c1ccc(SN(C)CC(O)CNC(C)(C)CCCc2ccccc2)cc1C. The van der Waals surface area contributed by atoms with Crippen LogP contribution in [0.5, 0.6) is 0 Å². The van der Waals surface area contributed by atoms with E-state index in [0.717, 1.165) is 53.7 Å². The van der Waals surface area contributed by atoms with Gasteiger partial charge in [-0.1, -0.05) is 55.8 Å². The number of nitrogens with zero attached hydrogens (tertiary/aromatic N) is 1. The maximum Gasteiger partial charge on any atom is 0.123 e. The summed E-state index contributed by atoms with van der Waals surface area (Å²) in [5.41, 5.74) is 5.72. The van der Waals surface area contributed by atoms with Crippen LogP contribution in [0.1, 0.15) is 56.7 Å². The summed E-state index contributed by atoms with van der Waals surface area (Å²) in [6, 6.07) is 22.0. The molecule has 0 saturated heterocycles.